The van der Waals surface area contributed by atoms with Crippen LogP contribution in [0, 0.1) is 0 Å². The van der Waals surface area contributed by atoms with Gasteiger partial charge < -0.3 is 10.6 Å². The van der Waals surface area contributed by atoms with Crippen molar-refractivity contribution in [2.45, 2.75) is 24.7 Å². The molecule has 0 spiro atoms. The maximum absolute atomic E-state index is 11.3. The maximum atomic E-state index is 11.3. The number of nitrogen functional groups attached to an aromatic ring is 1. The van der Waals surface area contributed by atoms with Crippen LogP contribution in [0.5, 0.6) is 0 Å². The van der Waals surface area contributed by atoms with E-state index in [1.54, 1.807) is 12.1 Å². The van der Waals surface area contributed by atoms with Gasteiger partial charge in [-0.3, -0.25) is 0 Å². The van der Waals surface area contributed by atoms with Gasteiger partial charge in [0.2, 0.25) is 10.0 Å². The molecule has 0 heterocycles. The summed E-state index contributed by atoms with van der Waals surface area (Å²) in [6.07, 6.45) is 2.12. The lowest BCUT2D eigenvalue weighted by Crippen LogP contribution is -2.20. The Morgan fingerprint density at radius 1 is 1.29 bits per heavy atom. The summed E-state index contributed by atoms with van der Waals surface area (Å²) >= 11 is 0. The topological polar surface area (TPSA) is 89.4 Å². The quantitative estimate of drug-likeness (QED) is 0.774. The van der Waals surface area contributed by atoms with Crippen molar-refractivity contribution in [2.75, 3.05) is 24.2 Å². The molecule has 0 aromatic heterocycles. The molecule has 0 aliphatic carbocycles. The second-order valence-electron chi connectivity index (χ2n) is 4.08. The molecule has 0 saturated carbocycles. The van der Waals surface area contributed by atoms with Crippen molar-refractivity contribution < 1.29 is 8.42 Å². The molecule has 17 heavy (non-hydrogen) atoms. The summed E-state index contributed by atoms with van der Waals surface area (Å²) < 4.78 is 22.6. The number of nitrogens with two attached hydrogens (primary N) is 2. The fourth-order valence-corrected chi connectivity index (χ4v) is 2.10. The Labute approximate surface area is 102 Å². The van der Waals surface area contributed by atoms with Gasteiger partial charge in [-0.1, -0.05) is 13.3 Å². The number of nitrogens with zero attached hydrogens (tertiary/aromatic N) is 1. The molecule has 0 bridgehead atoms. The van der Waals surface area contributed by atoms with Crippen LogP contribution in [0.1, 0.15) is 19.8 Å². The molecule has 0 radical (unpaired) electrons. The summed E-state index contributed by atoms with van der Waals surface area (Å²) in [7, 11) is -1.81. The standard InChI is InChI=1S/C11H19N3O2S/c1-3-4-5-14(2)10-6-9(12)7-11(8-10)17(13,15)16/h6-8H,3-5,12H2,1-2H3,(H2,13,15,16). The summed E-state index contributed by atoms with van der Waals surface area (Å²) in [5.41, 5.74) is 6.84. The van der Waals surface area contributed by atoms with E-state index >= 15 is 0 Å². The second-order valence-corrected chi connectivity index (χ2v) is 5.64. The first-order valence-electron chi connectivity index (χ1n) is 5.49. The number of primary sulfonamides is 1. The molecule has 0 atom stereocenters. The number of sulfonamides is 1. The van der Waals surface area contributed by atoms with E-state index in [2.05, 4.69) is 6.92 Å². The average molecular weight is 257 g/mol. The smallest absolute Gasteiger partial charge is 0.238 e. The normalized spacial score (nSPS) is 11.5. The number of unbranched alkanes of at least 4 members (excludes halogenated alkanes) is 1. The third kappa shape index (κ3) is 3.90. The second kappa shape index (κ2) is 5.37. The van der Waals surface area contributed by atoms with Crippen LogP contribution in [-0.4, -0.2) is 22.0 Å². The van der Waals surface area contributed by atoms with E-state index in [4.69, 9.17) is 10.9 Å². The predicted molar refractivity (Wildman–Crippen MR) is 70.4 cm³/mol. The van der Waals surface area contributed by atoms with Crippen LogP contribution < -0.4 is 15.8 Å². The SMILES string of the molecule is CCCCN(C)c1cc(N)cc(S(N)(=O)=O)c1. The van der Waals surface area contributed by atoms with Gasteiger partial charge in [0.25, 0.3) is 0 Å². The third-order valence-corrected chi connectivity index (χ3v) is 3.42. The molecule has 1 rings (SSSR count). The average Bonchev–Trinajstić information content (AvgIpc) is 2.23. The Bertz CT molecular complexity index is 485. The highest BCUT2D eigenvalue weighted by molar-refractivity contribution is 7.89. The van der Waals surface area contributed by atoms with Crippen LogP contribution in [0.25, 0.3) is 0 Å². The minimum absolute atomic E-state index is 0.0517. The zero-order chi connectivity index (χ0) is 13.1. The van der Waals surface area contributed by atoms with Crippen molar-refractivity contribution in [2.24, 2.45) is 5.14 Å². The molecule has 96 valence electrons. The molecular weight excluding hydrogens is 238 g/mol. The van der Waals surface area contributed by atoms with E-state index in [0.717, 1.165) is 25.1 Å². The Balaban J connectivity index is 3.05. The summed E-state index contributed by atoms with van der Waals surface area (Å²) in [5, 5.41) is 5.09. The molecule has 0 unspecified atom stereocenters. The third-order valence-electron chi connectivity index (χ3n) is 2.53. The Morgan fingerprint density at radius 2 is 1.94 bits per heavy atom. The Morgan fingerprint density at radius 3 is 2.47 bits per heavy atom. The molecule has 0 fully saturated rings. The number of hydrogen-bond donors (Lipinski definition) is 2. The van der Waals surface area contributed by atoms with Crippen molar-refractivity contribution in [3.05, 3.63) is 18.2 Å². The van der Waals surface area contributed by atoms with Crippen molar-refractivity contribution in [1.29, 1.82) is 0 Å². The van der Waals surface area contributed by atoms with E-state index in [1.807, 2.05) is 11.9 Å². The van der Waals surface area contributed by atoms with E-state index in [1.165, 1.54) is 6.07 Å². The monoisotopic (exact) mass is 257 g/mol. The van der Waals surface area contributed by atoms with Gasteiger partial charge in [0.15, 0.2) is 0 Å². The molecule has 1 aromatic rings. The number of rotatable bonds is 5. The molecule has 0 saturated heterocycles. The van der Waals surface area contributed by atoms with Gasteiger partial charge in [-0.2, -0.15) is 0 Å². The zero-order valence-electron chi connectivity index (χ0n) is 10.2. The number of anilines is 2. The van der Waals surface area contributed by atoms with Crippen LogP contribution in [0.3, 0.4) is 0 Å². The fraction of sp³-hybridized carbons (Fsp3) is 0.455. The number of hydrogen-bond acceptors (Lipinski definition) is 4. The van der Waals surface area contributed by atoms with Crippen LogP contribution >= 0.6 is 0 Å². The Kier molecular flexibility index (Phi) is 4.36. The highest BCUT2D eigenvalue weighted by Crippen LogP contribution is 2.22. The van der Waals surface area contributed by atoms with Crippen LogP contribution in [-0.2, 0) is 10.0 Å². The molecular formula is C11H19N3O2S. The molecule has 0 aliphatic heterocycles. The molecule has 5 nitrogen and oxygen atoms in total. The molecule has 0 aliphatic rings. The summed E-state index contributed by atoms with van der Waals surface area (Å²) in [6.45, 7) is 2.95. The summed E-state index contributed by atoms with van der Waals surface area (Å²) in [6, 6.07) is 4.65. The largest absolute Gasteiger partial charge is 0.399 e. The predicted octanol–water partition coefficient (Wildman–Crippen LogP) is 1.15. The maximum Gasteiger partial charge on any atom is 0.238 e. The number of benzene rings is 1. The summed E-state index contributed by atoms with van der Waals surface area (Å²) in [5.74, 6) is 0. The van der Waals surface area contributed by atoms with Gasteiger partial charge >= 0.3 is 0 Å². The van der Waals surface area contributed by atoms with E-state index in [0.29, 0.717) is 5.69 Å². The van der Waals surface area contributed by atoms with E-state index < -0.39 is 10.0 Å². The molecule has 1 aromatic carbocycles. The Hall–Kier alpha value is -1.27. The van der Waals surface area contributed by atoms with Crippen LogP contribution in [0.15, 0.2) is 23.1 Å². The molecule has 4 N–H and O–H groups in total. The van der Waals surface area contributed by atoms with Gasteiger partial charge in [0.1, 0.15) is 0 Å². The molecule has 0 amide bonds. The first kappa shape index (κ1) is 13.8. The summed E-state index contributed by atoms with van der Waals surface area (Å²) in [4.78, 5) is 2.02. The first-order valence-corrected chi connectivity index (χ1v) is 7.03. The van der Waals surface area contributed by atoms with Gasteiger partial charge in [-0.25, -0.2) is 13.6 Å². The van der Waals surface area contributed by atoms with Crippen molar-refractivity contribution in [3.63, 3.8) is 0 Å². The van der Waals surface area contributed by atoms with Crippen molar-refractivity contribution in [3.8, 4) is 0 Å². The van der Waals surface area contributed by atoms with Gasteiger partial charge in [-0.15, -0.1) is 0 Å². The van der Waals surface area contributed by atoms with Crippen molar-refractivity contribution >= 4 is 21.4 Å². The van der Waals surface area contributed by atoms with Gasteiger partial charge in [0.05, 0.1) is 4.90 Å². The van der Waals surface area contributed by atoms with Gasteiger partial charge in [-0.05, 0) is 24.6 Å². The molecule has 6 heteroatoms. The van der Waals surface area contributed by atoms with Crippen LogP contribution in [0.4, 0.5) is 11.4 Å². The van der Waals surface area contributed by atoms with Crippen LogP contribution in [0.2, 0.25) is 0 Å². The van der Waals surface area contributed by atoms with Crippen molar-refractivity contribution in [1.82, 2.24) is 0 Å². The lowest BCUT2D eigenvalue weighted by molar-refractivity contribution is 0.598. The zero-order valence-corrected chi connectivity index (χ0v) is 11.0. The van der Waals surface area contributed by atoms with Gasteiger partial charge in [0, 0.05) is 25.0 Å². The van der Waals surface area contributed by atoms with E-state index in [9.17, 15) is 8.42 Å². The minimum atomic E-state index is -3.71. The minimum Gasteiger partial charge on any atom is -0.399 e. The highest BCUT2D eigenvalue weighted by atomic mass is 32.2. The highest BCUT2D eigenvalue weighted by Gasteiger charge is 2.11. The lowest BCUT2D eigenvalue weighted by Gasteiger charge is -2.20. The lowest BCUT2D eigenvalue weighted by atomic mass is 10.2. The fourth-order valence-electron chi connectivity index (χ4n) is 1.51. The van der Waals surface area contributed by atoms with E-state index in [-0.39, 0.29) is 4.90 Å². The first-order chi connectivity index (χ1) is 7.84.